The summed E-state index contributed by atoms with van der Waals surface area (Å²) in [6.07, 6.45) is 1.72. The molecule has 0 aliphatic heterocycles. The maximum Gasteiger partial charge on any atom is 0.324 e. The van der Waals surface area contributed by atoms with Gasteiger partial charge >= 0.3 is 5.97 Å². The molecule has 84 valence electrons. The fourth-order valence-corrected chi connectivity index (χ4v) is 1.78. The third-order valence-corrected chi connectivity index (χ3v) is 2.69. The molecular weight excluding hydrogens is 206 g/mol. The molecule has 0 saturated carbocycles. The molecule has 2 unspecified atom stereocenters. The van der Waals surface area contributed by atoms with Crippen molar-refractivity contribution in [3.63, 3.8) is 0 Å². The number of rotatable bonds is 5. The Morgan fingerprint density at radius 1 is 1.50 bits per heavy atom. The highest BCUT2D eigenvalue weighted by Gasteiger charge is 2.27. The number of carbonyl (C=O) groups excluding carboxylic acids is 1. The monoisotopic (exact) mass is 223 g/mol. The summed E-state index contributed by atoms with van der Waals surface area (Å²) in [7, 11) is -2.15. The van der Waals surface area contributed by atoms with Crippen molar-refractivity contribution >= 4 is 16.0 Å². The minimum Gasteiger partial charge on any atom is -0.468 e. The van der Waals surface area contributed by atoms with E-state index in [1.54, 1.807) is 6.92 Å². The third kappa shape index (κ3) is 4.57. The second kappa shape index (κ2) is 5.31. The van der Waals surface area contributed by atoms with Crippen molar-refractivity contribution in [1.29, 1.82) is 0 Å². The lowest BCUT2D eigenvalue weighted by molar-refractivity contribution is -0.143. The van der Waals surface area contributed by atoms with Crippen LogP contribution >= 0.6 is 0 Å². The van der Waals surface area contributed by atoms with Crippen LogP contribution in [0.5, 0.6) is 0 Å². The predicted molar refractivity (Wildman–Crippen MR) is 53.2 cm³/mol. The molecule has 0 aromatic carbocycles. The van der Waals surface area contributed by atoms with E-state index in [4.69, 9.17) is 0 Å². The van der Waals surface area contributed by atoms with Crippen LogP contribution in [0.25, 0.3) is 0 Å². The summed E-state index contributed by atoms with van der Waals surface area (Å²) in [5.74, 6) is -0.637. The Hall–Kier alpha value is -0.620. The predicted octanol–water partition coefficient (Wildman–Crippen LogP) is 0.123. The van der Waals surface area contributed by atoms with Crippen molar-refractivity contribution in [1.82, 2.24) is 4.72 Å². The SMILES string of the molecule is CCC(C)C(NS(C)(=O)=O)C(=O)OC. The van der Waals surface area contributed by atoms with E-state index < -0.39 is 22.0 Å². The number of hydrogen-bond acceptors (Lipinski definition) is 4. The Morgan fingerprint density at radius 3 is 2.29 bits per heavy atom. The summed E-state index contributed by atoms with van der Waals surface area (Å²) in [6.45, 7) is 3.67. The van der Waals surface area contributed by atoms with Gasteiger partial charge in [-0.15, -0.1) is 0 Å². The number of sulfonamides is 1. The molecule has 0 spiro atoms. The minimum absolute atomic E-state index is 0.0859. The smallest absolute Gasteiger partial charge is 0.324 e. The fourth-order valence-electron chi connectivity index (χ4n) is 0.990. The topological polar surface area (TPSA) is 72.5 Å². The normalized spacial score (nSPS) is 16.0. The Morgan fingerprint density at radius 2 is 2.00 bits per heavy atom. The van der Waals surface area contributed by atoms with E-state index in [2.05, 4.69) is 9.46 Å². The molecule has 0 aliphatic rings. The lowest BCUT2D eigenvalue weighted by atomic mass is 10.0. The Labute approximate surface area is 84.9 Å². The number of nitrogens with one attached hydrogen (secondary N) is 1. The molecule has 0 aliphatic carbocycles. The van der Waals surface area contributed by atoms with Crippen LogP contribution in [0.2, 0.25) is 0 Å². The molecule has 2 atom stereocenters. The maximum absolute atomic E-state index is 11.2. The quantitative estimate of drug-likeness (QED) is 0.672. The van der Waals surface area contributed by atoms with Crippen LogP contribution in [0.1, 0.15) is 20.3 Å². The van der Waals surface area contributed by atoms with Gasteiger partial charge in [0.05, 0.1) is 13.4 Å². The lowest BCUT2D eigenvalue weighted by Gasteiger charge is -2.20. The zero-order valence-corrected chi connectivity index (χ0v) is 9.72. The van der Waals surface area contributed by atoms with Gasteiger partial charge in [0, 0.05) is 0 Å². The minimum atomic E-state index is -3.38. The van der Waals surface area contributed by atoms with Gasteiger partial charge in [-0.3, -0.25) is 4.79 Å². The van der Waals surface area contributed by atoms with Gasteiger partial charge in [-0.25, -0.2) is 13.1 Å². The van der Waals surface area contributed by atoms with Crippen LogP contribution in [0.15, 0.2) is 0 Å². The third-order valence-electron chi connectivity index (χ3n) is 2.01. The van der Waals surface area contributed by atoms with Crippen LogP contribution < -0.4 is 4.72 Å². The van der Waals surface area contributed by atoms with Gasteiger partial charge in [0.15, 0.2) is 0 Å². The summed E-state index contributed by atoms with van der Waals surface area (Å²) in [4.78, 5) is 11.2. The van der Waals surface area contributed by atoms with Crippen molar-refractivity contribution < 1.29 is 17.9 Å². The molecule has 1 N–H and O–H groups in total. The molecule has 6 heteroatoms. The van der Waals surface area contributed by atoms with E-state index in [1.165, 1.54) is 7.11 Å². The molecule has 0 saturated heterocycles. The molecule has 0 heterocycles. The Kier molecular flexibility index (Phi) is 5.07. The summed E-state index contributed by atoms with van der Waals surface area (Å²) in [5.41, 5.74) is 0. The van der Waals surface area contributed by atoms with Crippen molar-refractivity contribution in [2.75, 3.05) is 13.4 Å². The van der Waals surface area contributed by atoms with E-state index in [-0.39, 0.29) is 5.92 Å². The molecule has 0 radical (unpaired) electrons. The average molecular weight is 223 g/mol. The number of hydrogen-bond donors (Lipinski definition) is 1. The molecule has 0 bridgehead atoms. The van der Waals surface area contributed by atoms with Crippen molar-refractivity contribution in [3.8, 4) is 0 Å². The van der Waals surface area contributed by atoms with E-state index >= 15 is 0 Å². The second-order valence-corrected chi connectivity index (χ2v) is 5.06. The van der Waals surface area contributed by atoms with Crippen LogP contribution in [-0.2, 0) is 19.6 Å². The molecule has 0 rings (SSSR count). The highest BCUT2D eigenvalue weighted by atomic mass is 32.2. The van der Waals surface area contributed by atoms with Crippen molar-refractivity contribution in [2.45, 2.75) is 26.3 Å². The molecule has 0 aromatic rings. The molecule has 5 nitrogen and oxygen atoms in total. The Balaban J connectivity index is 4.65. The van der Waals surface area contributed by atoms with Crippen molar-refractivity contribution in [2.24, 2.45) is 5.92 Å². The van der Waals surface area contributed by atoms with Crippen molar-refractivity contribution in [3.05, 3.63) is 0 Å². The number of methoxy groups -OCH3 is 1. The number of ether oxygens (including phenoxy) is 1. The summed E-state index contributed by atoms with van der Waals surface area (Å²) >= 11 is 0. The first-order chi connectivity index (χ1) is 6.31. The zero-order chi connectivity index (χ0) is 11.4. The number of esters is 1. The van der Waals surface area contributed by atoms with Crippen LogP contribution in [0.4, 0.5) is 0 Å². The van der Waals surface area contributed by atoms with Gasteiger partial charge in [-0.1, -0.05) is 20.3 Å². The van der Waals surface area contributed by atoms with E-state index in [9.17, 15) is 13.2 Å². The number of carbonyl (C=O) groups is 1. The molecule has 14 heavy (non-hydrogen) atoms. The van der Waals surface area contributed by atoms with Gasteiger partial charge in [0.25, 0.3) is 0 Å². The first-order valence-electron chi connectivity index (χ1n) is 4.37. The summed E-state index contributed by atoms with van der Waals surface area (Å²) < 4.78 is 28.7. The zero-order valence-electron chi connectivity index (χ0n) is 8.90. The van der Waals surface area contributed by atoms with Crippen LogP contribution in [-0.4, -0.2) is 33.8 Å². The van der Waals surface area contributed by atoms with Gasteiger partial charge in [-0.2, -0.15) is 0 Å². The summed E-state index contributed by atoms with van der Waals surface area (Å²) in [5, 5.41) is 0. The van der Waals surface area contributed by atoms with Gasteiger partial charge < -0.3 is 4.74 Å². The van der Waals surface area contributed by atoms with Gasteiger partial charge in [0.2, 0.25) is 10.0 Å². The van der Waals surface area contributed by atoms with E-state index in [0.717, 1.165) is 6.26 Å². The van der Waals surface area contributed by atoms with E-state index in [0.29, 0.717) is 6.42 Å². The highest BCUT2D eigenvalue weighted by Crippen LogP contribution is 2.09. The standard InChI is InChI=1S/C8H17NO4S/c1-5-6(2)7(8(10)13-3)9-14(4,11)12/h6-7,9H,5H2,1-4H3. The molecule has 0 fully saturated rings. The molecule has 0 amide bonds. The first kappa shape index (κ1) is 13.4. The van der Waals surface area contributed by atoms with E-state index in [1.807, 2.05) is 6.92 Å². The van der Waals surface area contributed by atoms with Gasteiger partial charge in [-0.05, 0) is 5.92 Å². The maximum atomic E-state index is 11.2. The molecule has 0 aromatic heterocycles. The highest BCUT2D eigenvalue weighted by molar-refractivity contribution is 7.88. The largest absolute Gasteiger partial charge is 0.468 e. The first-order valence-corrected chi connectivity index (χ1v) is 6.26. The molecular formula is C8H17NO4S. The Bertz CT molecular complexity index is 286. The lowest BCUT2D eigenvalue weighted by Crippen LogP contribution is -2.45. The average Bonchev–Trinajstić information content (AvgIpc) is 2.10. The second-order valence-electron chi connectivity index (χ2n) is 3.28. The van der Waals surface area contributed by atoms with Crippen LogP contribution in [0.3, 0.4) is 0 Å². The van der Waals surface area contributed by atoms with Gasteiger partial charge in [0.1, 0.15) is 6.04 Å². The fraction of sp³-hybridized carbons (Fsp3) is 0.875. The summed E-state index contributed by atoms with van der Waals surface area (Å²) in [6, 6.07) is -0.792. The van der Waals surface area contributed by atoms with Crippen LogP contribution in [0, 0.1) is 5.92 Å².